The molecule has 1 aliphatic heterocycles. The average Bonchev–Trinajstić information content (AvgIpc) is 2.84. The molecule has 0 aromatic carbocycles. The highest BCUT2D eigenvalue weighted by molar-refractivity contribution is 5.77. The molecule has 2 fully saturated rings. The molecule has 1 saturated carbocycles. The van der Waals surface area contributed by atoms with Crippen LogP contribution in [0.15, 0.2) is 0 Å². The van der Waals surface area contributed by atoms with Crippen molar-refractivity contribution in [2.75, 3.05) is 19.6 Å². The fraction of sp³-hybridized carbons (Fsp3) is 0.889. The van der Waals surface area contributed by atoms with Gasteiger partial charge in [0.25, 0.3) is 0 Å². The molecule has 74 valence electrons. The lowest BCUT2D eigenvalue weighted by Gasteiger charge is -2.19. The van der Waals surface area contributed by atoms with Crippen molar-refractivity contribution in [1.82, 2.24) is 9.80 Å². The Bertz CT molecular complexity index is 215. The Balaban J connectivity index is 2.00. The van der Waals surface area contributed by atoms with E-state index < -0.39 is 0 Å². The van der Waals surface area contributed by atoms with Crippen molar-refractivity contribution in [3.63, 3.8) is 0 Å². The summed E-state index contributed by atoms with van der Waals surface area (Å²) in [6.07, 6.45) is 2.37. The fourth-order valence-corrected chi connectivity index (χ4v) is 2.05. The van der Waals surface area contributed by atoms with Crippen molar-refractivity contribution in [3.8, 4) is 0 Å². The van der Waals surface area contributed by atoms with Crippen LogP contribution in [0.4, 0.5) is 4.79 Å². The van der Waals surface area contributed by atoms with Gasteiger partial charge in [0, 0.05) is 31.7 Å². The first-order chi connectivity index (χ1) is 6.24. The van der Waals surface area contributed by atoms with Crippen LogP contribution in [0.3, 0.4) is 0 Å². The molecular formula is C9H17N3O. The second-order valence-corrected chi connectivity index (χ2v) is 4.00. The largest absolute Gasteiger partial charge is 0.329 e. The van der Waals surface area contributed by atoms with E-state index in [1.165, 1.54) is 12.8 Å². The van der Waals surface area contributed by atoms with Crippen LogP contribution in [0.25, 0.3) is 0 Å². The van der Waals surface area contributed by atoms with Gasteiger partial charge in [-0.1, -0.05) is 0 Å². The monoisotopic (exact) mass is 183 g/mol. The molecule has 2 N–H and O–H groups in total. The molecule has 13 heavy (non-hydrogen) atoms. The van der Waals surface area contributed by atoms with Crippen molar-refractivity contribution < 1.29 is 4.79 Å². The number of carbonyl (C=O) groups excluding carboxylic acids is 1. The fourth-order valence-electron chi connectivity index (χ4n) is 2.05. The third kappa shape index (κ3) is 1.50. The Morgan fingerprint density at radius 2 is 2.23 bits per heavy atom. The maximum Gasteiger partial charge on any atom is 0.320 e. The first-order valence-corrected chi connectivity index (χ1v) is 5.01. The predicted octanol–water partition coefficient (Wildman–Crippen LogP) is 0.234. The van der Waals surface area contributed by atoms with Crippen molar-refractivity contribution in [2.45, 2.75) is 31.8 Å². The number of urea groups is 1. The minimum Gasteiger partial charge on any atom is -0.329 e. The standard InChI is InChI=1S/C9H17N3O/c1-7-6-11(5-4-10)9(13)12(7)8-2-3-8/h7-8H,2-6,10H2,1H3. The summed E-state index contributed by atoms with van der Waals surface area (Å²) in [5, 5.41) is 0. The van der Waals surface area contributed by atoms with Gasteiger partial charge in [0.05, 0.1) is 0 Å². The third-order valence-electron chi connectivity index (χ3n) is 2.79. The molecule has 1 unspecified atom stereocenters. The van der Waals surface area contributed by atoms with Crippen molar-refractivity contribution >= 4 is 6.03 Å². The molecule has 2 rings (SSSR count). The molecule has 2 aliphatic rings. The van der Waals surface area contributed by atoms with Crippen LogP contribution in [0, 0.1) is 0 Å². The second-order valence-electron chi connectivity index (χ2n) is 4.00. The highest BCUT2D eigenvalue weighted by Gasteiger charge is 2.42. The zero-order valence-electron chi connectivity index (χ0n) is 8.07. The highest BCUT2D eigenvalue weighted by atomic mass is 16.2. The van der Waals surface area contributed by atoms with Crippen LogP contribution >= 0.6 is 0 Å². The van der Waals surface area contributed by atoms with Gasteiger partial charge in [0.2, 0.25) is 0 Å². The summed E-state index contributed by atoms with van der Waals surface area (Å²) in [6, 6.07) is 1.11. The minimum absolute atomic E-state index is 0.195. The molecule has 0 spiro atoms. The third-order valence-corrected chi connectivity index (χ3v) is 2.79. The molecule has 2 amide bonds. The van der Waals surface area contributed by atoms with Crippen molar-refractivity contribution in [1.29, 1.82) is 0 Å². The summed E-state index contributed by atoms with van der Waals surface area (Å²) in [6.45, 7) is 4.24. The molecule has 1 aliphatic carbocycles. The number of nitrogens with two attached hydrogens (primary N) is 1. The molecule has 0 radical (unpaired) electrons. The number of amides is 2. The molecule has 0 bridgehead atoms. The van der Waals surface area contributed by atoms with Crippen LogP contribution in [-0.2, 0) is 0 Å². The summed E-state index contributed by atoms with van der Waals surface area (Å²) >= 11 is 0. The number of carbonyl (C=O) groups is 1. The zero-order chi connectivity index (χ0) is 9.42. The highest BCUT2D eigenvalue weighted by Crippen LogP contribution is 2.32. The Morgan fingerprint density at radius 1 is 1.54 bits per heavy atom. The van der Waals surface area contributed by atoms with E-state index in [0.717, 1.165) is 6.54 Å². The molecular weight excluding hydrogens is 166 g/mol. The molecule has 1 atom stereocenters. The number of nitrogens with zero attached hydrogens (tertiary/aromatic N) is 2. The Labute approximate surface area is 78.7 Å². The van der Waals surface area contributed by atoms with E-state index in [-0.39, 0.29) is 6.03 Å². The lowest BCUT2D eigenvalue weighted by atomic mass is 10.3. The number of hydrogen-bond acceptors (Lipinski definition) is 2. The first-order valence-electron chi connectivity index (χ1n) is 5.01. The van der Waals surface area contributed by atoms with Crippen LogP contribution in [-0.4, -0.2) is 47.5 Å². The normalized spacial score (nSPS) is 28.8. The van der Waals surface area contributed by atoms with E-state index in [0.29, 0.717) is 25.2 Å². The van der Waals surface area contributed by atoms with Crippen LogP contribution in [0.1, 0.15) is 19.8 Å². The van der Waals surface area contributed by atoms with Crippen LogP contribution < -0.4 is 5.73 Å². The number of hydrogen-bond donors (Lipinski definition) is 1. The van der Waals surface area contributed by atoms with Crippen LogP contribution in [0.5, 0.6) is 0 Å². The maximum atomic E-state index is 11.8. The second kappa shape index (κ2) is 3.18. The van der Waals surface area contributed by atoms with E-state index in [9.17, 15) is 4.79 Å². The summed E-state index contributed by atoms with van der Waals surface area (Å²) in [7, 11) is 0. The molecule has 1 heterocycles. The topological polar surface area (TPSA) is 49.6 Å². The van der Waals surface area contributed by atoms with Crippen molar-refractivity contribution in [3.05, 3.63) is 0 Å². The Morgan fingerprint density at radius 3 is 2.77 bits per heavy atom. The summed E-state index contributed by atoms with van der Waals surface area (Å²) in [4.78, 5) is 15.7. The first kappa shape index (κ1) is 8.81. The number of rotatable bonds is 3. The van der Waals surface area contributed by atoms with Gasteiger partial charge in [-0.3, -0.25) is 0 Å². The van der Waals surface area contributed by atoms with Gasteiger partial charge in [-0.05, 0) is 19.8 Å². The van der Waals surface area contributed by atoms with Crippen LogP contribution in [0.2, 0.25) is 0 Å². The lowest BCUT2D eigenvalue weighted by molar-refractivity contribution is 0.186. The van der Waals surface area contributed by atoms with E-state index in [2.05, 4.69) is 6.92 Å². The Hall–Kier alpha value is -0.770. The maximum absolute atomic E-state index is 11.8. The predicted molar refractivity (Wildman–Crippen MR) is 50.3 cm³/mol. The van der Waals surface area contributed by atoms with Gasteiger partial charge in [-0.25, -0.2) is 4.79 Å². The van der Waals surface area contributed by atoms with E-state index >= 15 is 0 Å². The van der Waals surface area contributed by atoms with Gasteiger partial charge in [-0.15, -0.1) is 0 Å². The zero-order valence-corrected chi connectivity index (χ0v) is 8.07. The smallest absolute Gasteiger partial charge is 0.320 e. The SMILES string of the molecule is CC1CN(CCN)C(=O)N1C1CC1. The average molecular weight is 183 g/mol. The molecule has 0 aromatic heterocycles. The van der Waals surface area contributed by atoms with Crippen molar-refractivity contribution in [2.24, 2.45) is 5.73 Å². The van der Waals surface area contributed by atoms with Gasteiger partial charge < -0.3 is 15.5 Å². The van der Waals surface area contributed by atoms with E-state index in [1.807, 2.05) is 9.80 Å². The molecule has 0 aromatic rings. The Kier molecular flexibility index (Phi) is 2.15. The van der Waals surface area contributed by atoms with E-state index in [4.69, 9.17) is 5.73 Å². The van der Waals surface area contributed by atoms with Gasteiger partial charge >= 0.3 is 6.03 Å². The minimum atomic E-state index is 0.195. The van der Waals surface area contributed by atoms with Gasteiger partial charge in [0.15, 0.2) is 0 Å². The van der Waals surface area contributed by atoms with Gasteiger partial charge in [0.1, 0.15) is 0 Å². The summed E-state index contributed by atoms with van der Waals surface area (Å²) in [5.41, 5.74) is 5.44. The lowest BCUT2D eigenvalue weighted by Crippen LogP contribution is -2.37. The van der Waals surface area contributed by atoms with E-state index in [1.54, 1.807) is 0 Å². The van der Waals surface area contributed by atoms with Gasteiger partial charge in [-0.2, -0.15) is 0 Å². The molecule has 1 saturated heterocycles. The molecule has 4 heteroatoms. The summed E-state index contributed by atoms with van der Waals surface area (Å²) < 4.78 is 0. The molecule has 4 nitrogen and oxygen atoms in total. The quantitative estimate of drug-likeness (QED) is 0.681. The summed E-state index contributed by atoms with van der Waals surface area (Å²) in [5.74, 6) is 0.